The number of aromatic nitrogens is 2. The smallest absolute Gasteiger partial charge is 0.191 e. The molecule has 0 saturated carbocycles. The molecule has 2 aromatic heterocycles. The van der Waals surface area contributed by atoms with Crippen molar-refractivity contribution in [3.8, 4) is 0 Å². The van der Waals surface area contributed by atoms with Crippen molar-refractivity contribution in [2.75, 3.05) is 13.6 Å². The first-order chi connectivity index (χ1) is 10.3. The molecule has 122 valence electrons. The van der Waals surface area contributed by atoms with Crippen LogP contribution in [0.1, 0.15) is 23.1 Å². The molecule has 0 amide bonds. The minimum atomic E-state index is 0. The maximum absolute atomic E-state index is 4.24. The van der Waals surface area contributed by atoms with Crippen LogP contribution in [0.2, 0.25) is 0 Å². The monoisotopic (exact) mass is 433 g/mol. The van der Waals surface area contributed by atoms with Gasteiger partial charge in [-0.05, 0) is 31.0 Å². The quantitative estimate of drug-likeness (QED) is 0.306. The van der Waals surface area contributed by atoms with E-state index in [2.05, 4.69) is 39.8 Å². The normalized spacial score (nSPS) is 11.1. The second kappa shape index (κ2) is 10.6. The van der Waals surface area contributed by atoms with Crippen molar-refractivity contribution in [1.29, 1.82) is 0 Å². The van der Waals surface area contributed by atoms with Crippen LogP contribution in [0.15, 0.2) is 35.6 Å². The van der Waals surface area contributed by atoms with Gasteiger partial charge in [0.1, 0.15) is 0 Å². The summed E-state index contributed by atoms with van der Waals surface area (Å²) in [6.07, 6.45) is 5.90. The molecule has 0 unspecified atom stereocenters. The molecule has 0 fully saturated rings. The third-order valence-electron chi connectivity index (χ3n) is 3.14. The molecule has 0 atom stereocenters. The van der Waals surface area contributed by atoms with Crippen LogP contribution in [0.3, 0.4) is 0 Å². The molecule has 0 bridgehead atoms. The van der Waals surface area contributed by atoms with E-state index in [0.29, 0.717) is 0 Å². The van der Waals surface area contributed by atoms with E-state index < -0.39 is 0 Å². The van der Waals surface area contributed by atoms with E-state index in [0.717, 1.165) is 38.4 Å². The van der Waals surface area contributed by atoms with E-state index in [1.54, 1.807) is 13.2 Å². The third kappa shape index (κ3) is 6.35. The van der Waals surface area contributed by atoms with Crippen LogP contribution in [-0.2, 0) is 19.5 Å². The standard InChI is InChI=1S/C15H23N5S.HI/c1-3-13-6-7-14(21-13)12-18-15(16-2)17-8-4-10-20-11-5-9-19-20;/h5-7,9,11H,3-4,8,10,12H2,1-2H3,(H2,16,17,18);1H. The Bertz CT molecular complexity index is 550. The topological polar surface area (TPSA) is 54.2 Å². The molecule has 5 nitrogen and oxygen atoms in total. The summed E-state index contributed by atoms with van der Waals surface area (Å²) in [5.41, 5.74) is 0. The van der Waals surface area contributed by atoms with Gasteiger partial charge in [-0.15, -0.1) is 35.3 Å². The number of nitrogens with one attached hydrogen (secondary N) is 2. The molecule has 0 spiro atoms. The Kier molecular flexibility index (Phi) is 9.14. The number of hydrogen-bond donors (Lipinski definition) is 2. The molecule has 0 saturated heterocycles. The van der Waals surface area contributed by atoms with Crippen LogP contribution in [0, 0.1) is 0 Å². The molecule has 0 aliphatic carbocycles. The average molecular weight is 433 g/mol. The van der Waals surface area contributed by atoms with E-state index in [-0.39, 0.29) is 24.0 Å². The second-order valence-corrected chi connectivity index (χ2v) is 5.95. The summed E-state index contributed by atoms with van der Waals surface area (Å²) in [6, 6.07) is 6.32. The molecule has 0 aliphatic rings. The Labute approximate surface area is 153 Å². The molecule has 2 rings (SSSR count). The first-order valence-electron chi connectivity index (χ1n) is 7.31. The van der Waals surface area contributed by atoms with Gasteiger partial charge >= 0.3 is 0 Å². The van der Waals surface area contributed by atoms with Crippen molar-refractivity contribution in [2.24, 2.45) is 4.99 Å². The Morgan fingerprint density at radius 3 is 2.77 bits per heavy atom. The highest BCUT2D eigenvalue weighted by Crippen LogP contribution is 2.16. The maximum atomic E-state index is 4.24. The zero-order chi connectivity index (χ0) is 14.9. The highest BCUT2D eigenvalue weighted by atomic mass is 127. The van der Waals surface area contributed by atoms with Crippen molar-refractivity contribution >= 4 is 41.3 Å². The highest BCUT2D eigenvalue weighted by molar-refractivity contribution is 14.0. The first kappa shape index (κ1) is 19.0. The third-order valence-corrected chi connectivity index (χ3v) is 4.36. The van der Waals surface area contributed by atoms with Crippen LogP contribution in [0.25, 0.3) is 0 Å². The van der Waals surface area contributed by atoms with Gasteiger partial charge in [-0.25, -0.2) is 0 Å². The van der Waals surface area contributed by atoms with E-state index >= 15 is 0 Å². The highest BCUT2D eigenvalue weighted by Gasteiger charge is 2.01. The molecule has 0 aromatic carbocycles. The summed E-state index contributed by atoms with van der Waals surface area (Å²) >= 11 is 1.86. The van der Waals surface area contributed by atoms with Gasteiger partial charge in [0, 0.05) is 42.3 Å². The molecule has 0 aliphatic heterocycles. The fourth-order valence-corrected chi connectivity index (χ4v) is 2.88. The lowest BCUT2D eigenvalue weighted by Gasteiger charge is -2.11. The van der Waals surface area contributed by atoms with E-state index in [1.807, 2.05) is 28.3 Å². The van der Waals surface area contributed by atoms with Gasteiger partial charge in [-0.1, -0.05) is 6.92 Å². The number of aryl methyl sites for hydroxylation is 2. The summed E-state index contributed by atoms with van der Waals surface area (Å²) in [7, 11) is 1.80. The van der Waals surface area contributed by atoms with E-state index in [4.69, 9.17) is 0 Å². The number of aliphatic imine (C=N–C) groups is 1. The van der Waals surface area contributed by atoms with Crippen molar-refractivity contribution in [2.45, 2.75) is 32.9 Å². The van der Waals surface area contributed by atoms with Gasteiger partial charge in [0.2, 0.25) is 0 Å². The van der Waals surface area contributed by atoms with Gasteiger partial charge in [-0.3, -0.25) is 9.67 Å². The zero-order valence-corrected chi connectivity index (χ0v) is 16.2. The molecule has 2 N–H and O–H groups in total. The molecule has 2 heterocycles. The lowest BCUT2D eigenvalue weighted by atomic mass is 10.3. The predicted molar refractivity (Wildman–Crippen MR) is 104 cm³/mol. The van der Waals surface area contributed by atoms with Crippen molar-refractivity contribution in [3.05, 3.63) is 40.3 Å². The minimum Gasteiger partial charge on any atom is -0.356 e. The van der Waals surface area contributed by atoms with E-state index in [1.165, 1.54) is 9.75 Å². The van der Waals surface area contributed by atoms with Gasteiger partial charge in [0.05, 0.1) is 6.54 Å². The SMILES string of the molecule is CCc1ccc(CNC(=NC)NCCCn2cccn2)s1.I. The number of guanidine groups is 1. The van der Waals surface area contributed by atoms with Crippen LogP contribution in [0.5, 0.6) is 0 Å². The average Bonchev–Trinajstić information content (AvgIpc) is 3.17. The van der Waals surface area contributed by atoms with Gasteiger partial charge in [0.15, 0.2) is 5.96 Å². The summed E-state index contributed by atoms with van der Waals surface area (Å²) in [5.74, 6) is 0.849. The number of nitrogens with zero attached hydrogens (tertiary/aromatic N) is 3. The van der Waals surface area contributed by atoms with Crippen LogP contribution in [-0.4, -0.2) is 29.3 Å². The summed E-state index contributed by atoms with van der Waals surface area (Å²) < 4.78 is 1.94. The second-order valence-electron chi connectivity index (χ2n) is 4.70. The first-order valence-corrected chi connectivity index (χ1v) is 8.13. The fraction of sp³-hybridized carbons (Fsp3) is 0.467. The fourth-order valence-electron chi connectivity index (χ4n) is 1.98. The number of hydrogen-bond acceptors (Lipinski definition) is 3. The Morgan fingerprint density at radius 2 is 2.14 bits per heavy atom. The summed E-state index contributed by atoms with van der Waals surface area (Å²) in [6.45, 7) is 4.80. The predicted octanol–water partition coefficient (Wildman–Crippen LogP) is 2.88. The van der Waals surface area contributed by atoms with E-state index in [9.17, 15) is 0 Å². The van der Waals surface area contributed by atoms with Crippen molar-refractivity contribution in [1.82, 2.24) is 20.4 Å². The molecule has 22 heavy (non-hydrogen) atoms. The van der Waals surface area contributed by atoms with Gasteiger partial charge < -0.3 is 10.6 Å². The van der Waals surface area contributed by atoms with Gasteiger partial charge in [0.25, 0.3) is 0 Å². The number of halogens is 1. The summed E-state index contributed by atoms with van der Waals surface area (Å²) in [5, 5.41) is 10.9. The largest absolute Gasteiger partial charge is 0.356 e. The number of rotatable bonds is 7. The van der Waals surface area contributed by atoms with Crippen LogP contribution < -0.4 is 10.6 Å². The number of thiophene rings is 1. The minimum absolute atomic E-state index is 0. The Morgan fingerprint density at radius 1 is 1.32 bits per heavy atom. The van der Waals surface area contributed by atoms with Crippen molar-refractivity contribution in [3.63, 3.8) is 0 Å². The lowest BCUT2D eigenvalue weighted by Crippen LogP contribution is -2.37. The maximum Gasteiger partial charge on any atom is 0.191 e. The molecule has 0 radical (unpaired) electrons. The molecule has 7 heteroatoms. The van der Waals surface area contributed by atoms with Crippen molar-refractivity contribution < 1.29 is 0 Å². The Hall–Kier alpha value is -1.09. The van der Waals surface area contributed by atoms with Gasteiger partial charge in [-0.2, -0.15) is 5.10 Å². The molecular weight excluding hydrogens is 409 g/mol. The molecular formula is C15H24IN5S. The summed E-state index contributed by atoms with van der Waals surface area (Å²) in [4.78, 5) is 7.01. The lowest BCUT2D eigenvalue weighted by molar-refractivity contribution is 0.570. The van der Waals surface area contributed by atoms with Crippen LogP contribution >= 0.6 is 35.3 Å². The zero-order valence-electron chi connectivity index (χ0n) is 13.1. The Balaban J connectivity index is 0.00000242. The van der Waals surface area contributed by atoms with Crippen LogP contribution in [0.4, 0.5) is 0 Å². The molecule has 2 aromatic rings.